The summed E-state index contributed by atoms with van der Waals surface area (Å²) in [5.41, 5.74) is 5.75. The Kier molecular flexibility index (Phi) is 3.60. The fourth-order valence-electron chi connectivity index (χ4n) is 0.902. The molecule has 4 nitrogen and oxygen atoms in total. The number of thioether (sulfide) groups is 1. The van der Waals surface area contributed by atoms with Gasteiger partial charge in [0.05, 0.1) is 12.1 Å². The summed E-state index contributed by atoms with van der Waals surface area (Å²) in [4.78, 5) is 15.1. The van der Waals surface area contributed by atoms with Gasteiger partial charge in [-0.25, -0.2) is 9.78 Å². The zero-order chi connectivity index (χ0) is 10.7. The Balaban J connectivity index is 3.21. The van der Waals surface area contributed by atoms with Crippen molar-refractivity contribution in [3.8, 4) is 0 Å². The van der Waals surface area contributed by atoms with E-state index in [-0.39, 0.29) is 11.4 Å². The summed E-state index contributed by atoms with van der Waals surface area (Å²) in [7, 11) is 1.28. The average molecular weight is 233 g/mol. The maximum absolute atomic E-state index is 11.2. The molecule has 6 heteroatoms. The standard InChI is InChI=1S/C8H9ClN2O2S/c1-13-8(12)4-3-5(9)7(14-2)11-6(4)10/h3H,1-2H3,(H2,10,11). The van der Waals surface area contributed by atoms with Gasteiger partial charge in [-0.3, -0.25) is 0 Å². The largest absolute Gasteiger partial charge is 0.465 e. The van der Waals surface area contributed by atoms with E-state index in [1.165, 1.54) is 24.9 Å². The Morgan fingerprint density at radius 2 is 2.36 bits per heavy atom. The molecule has 0 bridgehead atoms. The highest BCUT2D eigenvalue weighted by Crippen LogP contribution is 2.26. The van der Waals surface area contributed by atoms with Crippen LogP contribution in [-0.2, 0) is 4.74 Å². The summed E-state index contributed by atoms with van der Waals surface area (Å²) in [6, 6.07) is 1.46. The second-order valence-corrected chi connectivity index (χ2v) is 3.61. The minimum atomic E-state index is -0.537. The third kappa shape index (κ3) is 2.10. The molecular weight excluding hydrogens is 224 g/mol. The number of hydrogen-bond acceptors (Lipinski definition) is 5. The van der Waals surface area contributed by atoms with Gasteiger partial charge >= 0.3 is 5.97 Å². The second kappa shape index (κ2) is 4.52. The number of pyridine rings is 1. The molecule has 0 aliphatic rings. The normalized spacial score (nSPS) is 9.93. The molecule has 0 aliphatic heterocycles. The van der Waals surface area contributed by atoms with E-state index in [2.05, 4.69) is 9.72 Å². The number of aromatic nitrogens is 1. The first-order chi connectivity index (χ1) is 6.60. The van der Waals surface area contributed by atoms with Gasteiger partial charge in [0.25, 0.3) is 0 Å². The van der Waals surface area contributed by atoms with Crippen LogP contribution >= 0.6 is 23.4 Å². The first-order valence-electron chi connectivity index (χ1n) is 3.68. The van der Waals surface area contributed by atoms with Crippen LogP contribution in [0.15, 0.2) is 11.1 Å². The zero-order valence-electron chi connectivity index (χ0n) is 7.70. The summed E-state index contributed by atoms with van der Waals surface area (Å²) in [6.45, 7) is 0. The maximum Gasteiger partial charge on any atom is 0.341 e. The molecule has 1 aromatic heterocycles. The number of anilines is 1. The topological polar surface area (TPSA) is 65.2 Å². The summed E-state index contributed by atoms with van der Waals surface area (Å²) in [6.07, 6.45) is 1.82. The van der Waals surface area contributed by atoms with Crippen LogP contribution in [0.25, 0.3) is 0 Å². The molecule has 76 valence electrons. The molecule has 0 amide bonds. The van der Waals surface area contributed by atoms with E-state index in [0.29, 0.717) is 10.0 Å². The lowest BCUT2D eigenvalue weighted by atomic mass is 10.2. The first-order valence-corrected chi connectivity index (χ1v) is 5.28. The highest BCUT2D eigenvalue weighted by atomic mass is 35.5. The van der Waals surface area contributed by atoms with Crippen molar-refractivity contribution < 1.29 is 9.53 Å². The first kappa shape index (κ1) is 11.1. The van der Waals surface area contributed by atoms with Gasteiger partial charge in [-0.15, -0.1) is 11.8 Å². The van der Waals surface area contributed by atoms with E-state index < -0.39 is 5.97 Å². The zero-order valence-corrected chi connectivity index (χ0v) is 9.28. The molecule has 1 heterocycles. The van der Waals surface area contributed by atoms with Gasteiger partial charge in [0.2, 0.25) is 0 Å². The second-order valence-electron chi connectivity index (χ2n) is 2.40. The predicted molar refractivity (Wildman–Crippen MR) is 56.8 cm³/mol. The molecule has 0 fully saturated rings. The van der Waals surface area contributed by atoms with Crippen LogP contribution in [-0.4, -0.2) is 24.3 Å². The Morgan fingerprint density at radius 3 is 2.86 bits per heavy atom. The Labute approximate surface area is 90.8 Å². The summed E-state index contributed by atoms with van der Waals surface area (Å²) in [5, 5.41) is 0.990. The Morgan fingerprint density at radius 1 is 1.71 bits per heavy atom. The van der Waals surface area contributed by atoms with Crippen molar-refractivity contribution in [1.29, 1.82) is 0 Å². The molecule has 0 spiro atoms. The van der Waals surface area contributed by atoms with E-state index in [1.807, 2.05) is 6.26 Å². The van der Waals surface area contributed by atoms with Crippen molar-refractivity contribution in [2.24, 2.45) is 0 Å². The third-order valence-corrected chi connectivity index (χ3v) is 2.67. The van der Waals surface area contributed by atoms with Crippen LogP contribution < -0.4 is 5.73 Å². The van der Waals surface area contributed by atoms with Crippen LogP contribution in [0.1, 0.15) is 10.4 Å². The molecule has 0 atom stereocenters. The van der Waals surface area contributed by atoms with Crippen LogP contribution in [0.2, 0.25) is 5.02 Å². The average Bonchev–Trinajstić information content (AvgIpc) is 2.19. The van der Waals surface area contributed by atoms with Gasteiger partial charge in [0, 0.05) is 0 Å². The number of halogens is 1. The minimum absolute atomic E-state index is 0.130. The number of methoxy groups -OCH3 is 1. The SMILES string of the molecule is COC(=O)c1cc(Cl)c(SC)nc1N. The van der Waals surface area contributed by atoms with Crippen molar-refractivity contribution in [3.05, 3.63) is 16.7 Å². The van der Waals surface area contributed by atoms with E-state index in [1.54, 1.807) is 0 Å². The third-order valence-electron chi connectivity index (χ3n) is 1.57. The number of nitrogens with two attached hydrogens (primary N) is 1. The Hall–Kier alpha value is -0.940. The lowest BCUT2D eigenvalue weighted by molar-refractivity contribution is 0.0601. The van der Waals surface area contributed by atoms with Crippen LogP contribution in [0.4, 0.5) is 5.82 Å². The fraction of sp³-hybridized carbons (Fsp3) is 0.250. The van der Waals surface area contributed by atoms with E-state index in [4.69, 9.17) is 17.3 Å². The number of carbonyl (C=O) groups excluding carboxylic acids is 1. The van der Waals surface area contributed by atoms with Crippen molar-refractivity contribution in [2.45, 2.75) is 5.03 Å². The molecule has 2 N–H and O–H groups in total. The van der Waals surface area contributed by atoms with Crippen molar-refractivity contribution >= 4 is 35.1 Å². The van der Waals surface area contributed by atoms with Gasteiger partial charge in [0.1, 0.15) is 16.4 Å². The molecule has 0 unspecified atom stereocenters. The highest BCUT2D eigenvalue weighted by Gasteiger charge is 2.14. The number of carbonyl (C=O) groups is 1. The van der Waals surface area contributed by atoms with Gasteiger partial charge in [-0.1, -0.05) is 11.6 Å². The van der Waals surface area contributed by atoms with Gasteiger partial charge in [-0.05, 0) is 12.3 Å². The van der Waals surface area contributed by atoms with Gasteiger partial charge in [-0.2, -0.15) is 0 Å². The van der Waals surface area contributed by atoms with Crippen molar-refractivity contribution in [3.63, 3.8) is 0 Å². The molecule has 0 aliphatic carbocycles. The molecule has 1 rings (SSSR count). The van der Waals surface area contributed by atoms with Crippen molar-refractivity contribution in [2.75, 3.05) is 19.1 Å². The molecule has 0 saturated carbocycles. The van der Waals surface area contributed by atoms with E-state index in [9.17, 15) is 4.79 Å². The summed E-state index contributed by atoms with van der Waals surface area (Å²) >= 11 is 7.22. The lowest BCUT2D eigenvalue weighted by Gasteiger charge is -2.06. The van der Waals surface area contributed by atoms with E-state index >= 15 is 0 Å². The molecule has 14 heavy (non-hydrogen) atoms. The van der Waals surface area contributed by atoms with Crippen LogP contribution in [0, 0.1) is 0 Å². The molecule has 0 saturated heterocycles. The molecule has 0 aromatic carbocycles. The Bertz CT molecular complexity index is 371. The molecule has 1 aromatic rings. The molecular formula is C8H9ClN2O2S. The molecule has 0 radical (unpaired) electrons. The van der Waals surface area contributed by atoms with Crippen LogP contribution in [0.5, 0.6) is 0 Å². The number of nitrogen functional groups attached to an aromatic ring is 1. The fourth-order valence-corrected chi connectivity index (χ4v) is 1.73. The van der Waals surface area contributed by atoms with Crippen LogP contribution in [0.3, 0.4) is 0 Å². The smallest absolute Gasteiger partial charge is 0.341 e. The summed E-state index contributed by atoms with van der Waals surface area (Å²) in [5.74, 6) is -0.407. The van der Waals surface area contributed by atoms with Gasteiger partial charge < -0.3 is 10.5 Å². The maximum atomic E-state index is 11.2. The number of rotatable bonds is 2. The number of esters is 1. The quantitative estimate of drug-likeness (QED) is 0.623. The highest BCUT2D eigenvalue weighted by molar-refractivity contribution is 7.98. The number of nitrogens with zero attached hydrogens (tertiary/aromatic N) is 1. The number of ether oxygens (including phenoxy) is 1. The van der Waals surface area contributed by atoms with E-state index in [0.717, 1.165) is 0 Å². The minimum Gasteiger partial charge on any atom is -0.465 e. The number of hydrogen-bond donors (Lipinski definition) is 1. The summed E-state index contributed by atoms with van der Waals surface area (Å²) < 4.78 is 4.52. The lowest BCUT2D eigenvalue weighted by Crippen LogP contribution is -2.07. The van der Waals surface area contributed by atoms with Crippen molar-refractivity contribution in [1.82, 2.24) is 4.98 Å². The van der Waals surface area contributed by atoms with Gasteiger partial charge in [0.15, 0.2) is 0 Å². The predicted octanol–water partition coefficient (Wildman–Crippen LogP) is 1.83. The monoisotopic (exact) mass is 232 g/mol.